The third-order valence-electron chi connectivity index (χ3n) is 7.07. The Morgan fingerprint density at radius 2 is 1.64 bits per heavy atom. The molecule has 0 unspecified atom stereocenters. The van der Waals surface area contributed by atoms with E-state index < -0.39 is 0 Å². The number of imidazole rings is 1. The normalized spacial score (nSPS) is 14.6. The Labute approximate surface area is 219 Å². The Balaban J connectivity index is 1.47. The first-order chi connectivity index (χ1) is 17.6. The van der Waals surface area contributed by atoms with Crippen molar-refractivity contribution in [3.05, 3.63) is 101 Å². The number of carbonyl (C=O) groups is 1. The first-order valence-corrected chi connectivity index (χ1v) is 13.1. The first kappa shape index (κ1) is 23.0. The topological polar surface area (TPSA) is 41.4 Å². The summed E-state index contributed by atoms with van der Waals surface area (Å²) in [7, 11) is 2.10. The van der Waals surface area contributed by atoms with Gasteiger partial charge in [0.15, 0.2) is 0 Å². The summed E-state index contributed by atoms with van der Waals surface area (Å²) in [5.74, 6) is 0.994. The molecule has 0 atom stereocenters. The zero-order valence-electron chi connectivity index (χ0n) is 20.2. The molecule has 1 aliphatic heterocycles. The van der Waals surface area contributed by atoms with Gasteiger partial charge in [-0.05, 0) is 53.7 Å². The van der Waals surface area contributed by atoms with Crippen molar-refractivity contribution in [2.24, 2.45) is 0 Å². The smallest absolute Gasteiger partial charge is 0.254 e. The van der Waals surface area contributed by atoms with Crippen molar-refractivity contribution < 1.29 is 4.79 Å². The maximum Gasteiger partial charge on any atom is 0.254 e. The summed E-state index contributed by atoms with van der Waals surface area (Å²) >= 11 is 3.54. The number of hydrogen-bond donors (Lipinski definition) is 0. The Hall–Kier alpha value is -3.48. The maximum absolute atomic E-state index is 13.3. The van der Waals surface area contributed by atoms with Gasteiger partial charge in [-0.3, -0.25) is 4.79 Å². The van der Waals surface area contributed by atoms with E-state index >= 15 is 0 Å². The van der Waals surface area contributed by atoms with Crippen molar-refractivity contribution in [3.8, 4) is 11.4 Å². The Morgan fingerprint density at radius 1 is 0.889 bits per heavy atom. The molecule has 5 aromatic rings. The maximum atomic E-state index is 13.3. The molecule has 2 heterocycles. The molecule has 180 valence electrons. The molecule has 5 nitrogen and oxygen atoms in total. The van der Waals surface area contributed by atoms with Gasteiger partial charge < -0.3 is 14.4 Å². The molecule has 4 aromatic carbocycles. The Kier molecular flexibility index (Phi) is 6.07. The minimum absolute atomic E-state index is 0.0826. The van der Waals surface area contributed by atoms with E-state index in [0.717, 1.165) is 53.1 Å². The van der Waals surface area contributed by atoms with Crippen LogP contribution in [-0.2, 0) is 6.54 Å². The van der Waals surface area contributed by atoms with Gasteiger partial charge in [0.1, 0.15) is 5.82 Å². The van der Waals surface area contributed by atoms with E-state index in [1.54, 1.807) is 0 Å². The number of halogens is 1. The Bertz CT molecular complexity index is 1560. The number of piperazine rings is 1. The zero-order valence-corrected chi connectivity index (χ0v) is 21.8. The molecule has 1 amide bonds. The van der Waals surface area contributed by atoms with Crippen LogP contribution < -0.4 is 0 Å². The summed E-state index contributed by atoms with van der Waals surface area (Å²) in [6.07, 6.45) is 0. The molecule has 0 radical (unpaired) electrons. The minimum Gasteiger partial charge on any atom is -0.336 e. The fourth-order valence-electron chi connectivity index (χ4n) is 5.01. The molecule has 6 heteroatoms. The van der Waals surface area contributed by atoms with Gasteiger partial charge in [-0.15, -0.1) is 0 Å². The van der Waals surface area contributed by atoms with Crippen molar-refractivity contribution in [3.63, 3.8) is 0 Å². The van der Waals surface area contributed by atoms with Crippen molar-refractivity contribution in [1.82, 2.24) is 19.4 Å². The van der Waals surface area contributed by atoms with E-state index in [0.29, 0.717) is 12.1 Å². The average molecular weight is 539 g/mol. The van der Waals surface area contributed by atoms with E-state index in [1.807, 2.05) is 17.0 Å². The van der Waals surface area contributed by atoms with Gasteiger partial charge in [0.05, 0.1) is 11.0 Å². The third-order valence-corrected chi connectivity index (χ3v) is 7.60. The van der Waals surface area contributed by atoms with Crippen LogP contribution in [0.4, 0.5) is 0 Å². The second-order valence-electron chi connectivity index (χ2n) is 9.47. The monoisotopic (exact) mass is 538 g/mol. The quantitative estimate of drug-likeness (QED) is 0.279. The standard InChI is InChI=1S/C30H27BrN4O/c1-33-15-17-34(18-16-33)30(36)23-11-14-28-27(19-23)32-29(35(28)20-21-9-12-24(31)13-10-21)26-8-4-6-22-5-2-3-7-25(22)26/h2-14,19H,15-18,20H2,1H3. The van der Waals surface area contributed by atoms with Crippen LogP contribution in [0.15, 0.2) is 89.4 Å². The predicted molar refractivity (Wildman–Crippen MR) is 149 cm³/mol. The number of carbonyl (C=O) groups excluding carboxylic acids is 1. The van der Waals surface area contributed by atoms with Gasteiger partial charge in [0.25, 0.3) is 5.91 Å². The van der Waals surface area contributed by atoms with Crippen molar-refractivity contribution in [2.45, 2.75) is 6.54 Å². The number of aromatic nitrogens is 2. The van der Waals surface area contributed by atoms with Gasteiger partial charge in [0.2, 0.25) is 0 Å². The highest BCUT2D eigenvalue weighted by atomic mass is 79.9. The van der Waals surface area contributed by atoms with Crippen molar-refractivity contribution >= 4 is 43.6 Å². The number of hydrogen-bond acceptors (Lipinski definition) is 3. The van der Waals surface area contributed by atoms with Crippen LogP contribution in [0.25, 0.3) is 33.2 Å². The van der Waals surface area contributed by atoms with E-state index in [-0.39, 0.29) is 5.91 Å². The molecule has 0 bridgehead atoms. The fraction of sp³-hybridized carbons (Fsp3) is 0.200. The Morgan fingerprint density at radius 3 is 2.44 bits per heavy atom. The molecule has 0 saturated carbocycles. The SMILES string of the molecule is CN1CCN(C(=O)c2ccc3c(c2)nc(-c2cccc4ccccc24)n3Cc2ccc(Br)cc2)CC1. The van der Waals surface area contributed by atoms with Gasteiger partial charge in [-0.25, -0.2) is 4.98 Å². The van der Waals surface area contributed by atoms with Crippen LogP contribution in [-0.4, -0.2) is 58.5 Å². The van der Waals surface area contributed by atoms with Gasteiger partial charge in [-0.2, -0.15) is 0 Å². The lowest BCUT2D eigenvalue weighted by Gasteiger charge is -2.32. The second-order valence-corrected chi connectivity index (χ2v) is 10.4. The molecule has 1 fully saturated rings. The molecule has 1 aliphatic rings. The predicted octanol–water partition coefficient (Wildman–Crippen LogP) is 6.05. The largest absolute Gasteiger partial charge is 0.336 e. The van der Waals surface area contributed by atoms with E-state index in [9.17, 15) is 4.79 Å². The number of benzene rings is 4. The van der Waals surface area contributed by atoms with Crippen LogP contribution in [0, 0.1) is 0 Å². The summed E-state index contributed by atoms with van der Waals surface area (Å²) in [5, 5.41) is 2.35. The van der Waals surface area contributed by atoms with Crippen LogP contribution in [0.5, 0.6) is 0 Å². The highest BCUT2D eigenvalue weighted by Gasteiger charge is 2.22. The second kappa shape index (κ2) is 9.52. The molecule has 1 aromatic heterocycles. The van der Waals surface area contributed by atoms with E-state index in [1.165, 1.54) is 16.3 Å². The van der Waals surface area contributed by atoms with Gasteiger partial charge in [-0.1, -0.05) is 70.5 Å². The molecule has 1 saturated heterocycles. The molecular formula is C30H27BrN4O. The van der Waals surface area contributed by atoms with E-state index in [4.69, 9.17) is 4.98 Å². The zero-order chi connectivity index (χ0) is 24.6. The van der Waals surface area contributed by atoms with Crippen LogP contribution in [0.2, 0.25) is 0 Å². The molecule has 36 heavy (non-hydrogen) atoms. The highest BCUT2D eigenvalue weighted by molar-refractivity contribution is 9.10. The summed E-state index contributed by atoms with van der Waals surface area (Å²) in [6.45, 7) is 4.01. The molecular weight excluding hydrogens is 512 g/mol. The molecule has 0 aliphatic carbocycles. The molecule has 6 rings (SSSR count). The number of rotatable bonds is 4. The lowest BCUT2D eigenvalue weighted by atomic mass is 10.0. The third kappa shape index (κ3) is 4.31. The highest BCUT2D eigenvalue weighted by Crippen LogP contribution is 2.32. The summed E-state index contributed by atoms with van der Waals surface area (Å²) in [4.78, 5) is 22.6. The summed E-state index contributed by atoms with van der Waals surface area (Å²) < 4.78 is 3.33. The van der Waals surface area contributed by atoms with Crippen LogP contribution in [0.3, 0.4) is 0 Å². The summed E-state index contributed by atoms with van der Waals surface area (Å²) in [6, 6.07) is 29.1. The lowest BCUT2D eigenvalue weighted by molar-refractivity contribution is 0.0664. The van der Waals surface area contributed by atoms with Gasteiger partial charge >= 0.3 is 0 Å². The first-order valence-electron chi connectivity index (χ1n) is 12.3. The lowest BCUT2D eigenvalue weighted by Crippen LogP contribution is -2.47. The number of nitrogens with zero attached hydrogens (tertiary/aromatic N) is 4. The number of amides is 1. The average Bonchev–Trinajstić information content (AvgIpc) is 3.27. The number of likely N-dealkylation sites (N-methyl/N-ethyl adjacent to an activating group) is 1. The summed E-state index contributed by atoms with van der Waals surface area (Å²) in [5.41, 5.74) is 4.85. The molecule has 0 N–H and O–H groups in total. The number of fused-ring (bicyclic) bond motifs is 2. The van der Waals surface area contributed by atoms with Crippen LogP contribution in [0.1, 0.15) is 15.9 Å². The van der Waals surface area contributed by atoms with Crippen LogP contribution >= 0.6 is 15.9 Å². The van der Waals surface area contributed by atoms with Crippen molar-refractivity contribution in [1.29, 1.82) is 0 Å². The van der Waals surface area contributed by atoms with E-state index in [2.05, 4.69) is 105 Å². The minimum atomic E-state index is 0.0826. The molecule has 0 spiro atoms. The van der Waals surface area contributed by atoms with Gasteiger partial charge in [0, 0.05) is 48.3 Å². The van der Waals surface area contributed by atoms with Crippen molar-refractivity contribution in [2.75, 3.05) is 33.2 Å². The fourth-order valence-corrected chi connectivity index (χ4v) is 5.28.